The smallest absolute Gasteiger partial charge is 0.408 e. The Morgan fingerprint density at radius 3 is 2.76 bits per heavy atom. The van der Waals surface area contributed by atoms with Crippen LogP contribution in [0.25, 0.3) is 0 Å². The van der Waals surface area contributed by atoms with E-state index < -0.39 is 18.7 Å². The van der Waals surface area contributed by atoms with Gasteiger partial charge in [0.25, 0.3) is 0 Å². The highest BCUT2D eigenvalue weighted by Crippen LogP contribution is 2.21. The van der Waals surface area contributed by atoms with Gasteiger partial charge < -0.3 is 10.1 Å². The van der Waals surface area contributed by atoms with E-state index in [9.17, 15) is 18.0 Å². The second-order valence-electron chi connectivity index (χ2n) is 3.35. The summed E-state index contributed by atoms with van der Waals surface area (Å²) in [5, 5.41) is 6.23. The summed E-state index contributed by atoms with van der Waals surface area (Å²) in [6, 6.07) is 0. The zero-order chi connectivity index (χ0) is 13.1. The van der Waals surface area contributed by atoms with Gasteiger partial charge in [-0.3, -0.25) is 9.48 Å². The van der Waals surface area contributed by atoms with Crippen molar-refractivity contribution >= 4 is 11.7 Å². The van der Waals surface area contributed by atoms with Gasteiger partial charge in [-0.05, 0) is 6.92 Å². The molecule has 0 saturated carbocycles. The van der Waals surface area contributed by atoms with Crippen molar-refractivity contribution in [1.82, 2.24) is 9.78 Å². The Morgan fingerprint density at radius 1 is 1.59 bits per heavy atom. The molecule has 5 nitrogen and oxygen atoms in total. The van der Waals surface area contributed by atoms with Crippen LogP contribution in [0.15, 0.2) is 6.20 Å². The maximum absolute atomic E-state index is 12.1. The number of hydrogen-bond acceptors (Lipinski definition) is 4. The molecule has 0 saturated heterocycles. The van der Waals surface area contributed by atoms with Crippen LogP contribution >= 0.6 is 0 Å². The highest BCUT2D eigenvalue weighted by molar-refractivity contribution is 5.74. The molecule has 17 heavy (non-hydrogen) atoms. The van der Waals surface area contributed by atoms with E-state index >= 15 is 0 Å². The maximum Gasteiger partial charge on any atom is 0.408 e. The van der Waals surface area contributed by atoms with Crippen LogP contribution in [-0.2, 0) is 16.1 Å². The number of hydrogen-bond donors (Lipinski definition) is 1. The summed E-state index contributed by atoms with van der Waals surface area (Å²) in [4.78, 5) is 10.8. The summed E-state index contributed by atoms with van der Waals surface area (Å²) in [6.07, 6.45) is -3.08. The maximum atomic E-state index is 12.1. The number of nitrogens with one attached hydrogen (secondary N) is 1. The summed E-state index contributed by atoms with van der Waals surface area (Å²) in [5.74, 6) is -0.507. The monoisotopic (exact) mass is 251 g/mol. The number of carbonyl (C=O) groups excluding carboxylic acids is 1. The fourth-order valence-corrected chi connectivity index (χ4v) is 1.19. The van der Waals surface area contributed by atoms with Crippen LogP contribution in [0.2, 0.25) is 0 Å². The molecular formula is C9H12F3N3O2. The molecular weight excluding hydrogens is 239 g/mol. The largest absolute Gasteiger partial charge is 0.468 e. The van der Waals surface area contributed by atoms with Crippen molar-refractivity contribution in [3.8, 4) is 0 Å². The van der Waals surface area contributed by atoms with E-state index in [4.69, 9.17) is 0 Å². The Balaban J connectivity index is 2.67. The third-order valence-corrected chi connectivity index (χ3v) is 2.08. The van der Waals surface area contributed by atoms with E-state index in [2.05, 4.69) is 15.2 Å². The van der Waals surface area contributed by atoms with E-state index in [-0.39, 0.29) is 6.54 Å². The first kappa shape index (κ1) is 13.3. The lowest BCUT2D eigenvalue weighted by molar-refractivity contribution is -0.143. The van der Waals surface area contributed by atoms with Crippen molar-refractivity contribution in [2.24, 2.45) is 0 Å². The lowest BCUT2D eigenvalue weighted by atomic mass is 10.4. The van der Waals surface area contributed by atoms with Gasteiger partial charge in [0.05, 0.1) is 24.7 Å². The summed E-state index contributed by atoms with van der Waals surface area (Å²) in [6.45, 7) is 0.214. The molecule has 0 aliphatic heterocycles. The van der Waals surface area contributed by atoms with E-state index in [0.717, 1.165) is 4.68 Å². The van der Waals surface area contributed by atoms with Crippen molar-refractivity contribution in [3.63, 3.8) is 0 Å². The first-order valence-electron chi connectivity index (χ1n) is 4.73. The number of alkyl halides is 3. The minimum Gasteiger partial charge on any atom is -0.468 e. The second-order valence-corrected chi connectivity index (χ2v) is 3.35. The van der Waals surface area contributed by atoms with Gasteiger partial charge >= 0.3 is 12.1 Å². The predicted molar refractivity (Wildman–Crippen MR) is 53.5 cm³/mol. The second kappa shape index (κ2) is 5.07. The van der Waals surface area contributed by atoms with Crippen LogP contribution in [0.3, 0.4) is 0 Å². The Kier molecular flexibility index (Phi) is 3.97. The number of methoxy groups -OCH3 is 1. The lowest BCUT2D eigenvalue weighted by Gasteiger charge is -2.09. The Hall–Kier alpha value is -1.73. The minimum atomic E-state index is -4.32. The third-order valence-electron chi connectivity index (χ3n) is 2.08. The van der Waals surface area contributed by atoms with E-state index in [0.29, 0.717) is 11.4 Å². The molecule has 1 N–H and O–H groups in total. The topological polar surface area (TPSA) is 56.1 Å². The number of ether oxygens (including phenoxy) is 1. The van der Waals surface area contributed by atoms with Gasteiger partial charge in [0, 0.05) is 0 Å². The molecule has 0 aliphatic carbocycles. The van der Waals surface area contributed by atoms with Gasteiger partial charge in [0.2, 0.25) is 0 Å². The molecule has 1 rings (SSSR count). The lowest BCUT2D eigenvalue weighted by Crippen LogP contribution is -2.20. The Labute approximate surface area is 95.5 Å². The number of esters is 1. The third kappa shape index (κ3) is 3.97. The first-order valence-corrected chi connectivity index (χ1v) is 4.73. The van der Waals surface area contributed by atoms with Gasteiger partial charge in [0.15, 0.2) is 0 Å². The fraction of sp³-hybridized carbons (Fsp3) is 0.556. The number of halogens is 3. The Bertz CT molecular complexity index is 401. The van der Waals surface area contributed by atoms with Gasteiger partial charge in [-0.1, -0.05) is 0 Å². The van der Waals surface area contributed by atoms with Gasteiger partial charge in [-0.25, -0.2) is 0 Å². The average Bonchev–Trinajstić information content (AvgIpc) is 2.55. The molecule has 0 fully saturated rings. The SMILES string of the molecule is COC(=O)CNc1cnn(CC(F)(F)F)c1C. The quantitative estimate of drug-likeness (QED) is 0.820. The van der Waals surface area contributed by atoms with Crippen molar-refractivity contribution < 1.29 is 22.7 Å². The van der Waals surface area contributed by atoms with Gasteiger partial charge in [-0.15, -0.1) is 0 Å². The standard InChI is InChI=1S/C9H12F3N3O2/c1-6-7(13-4-8(16)17-2)3-14-15(6)5-9(10,11)12/h3,13H,4-5H2,1-2H3. The van der Waals surface area contributed by atoms with Crippen molar-refractivity contribution in [2.75, 3.05) is 19.0 Å². The number of carbonyl (C=O) groups is 1. The minimum absolute atomic E-state index is 0.116. The summed E-state index contributed by atoms with van der Waals surface area (Å²) in [5.41, 5.74) is 0.686. The molecule has 1 aromatic heterocycles. The van der Waals surface area contributed by atoms with E-state index in [1.54, 1.807) is 0 Å². The molecule has 0 atom stereocenters. The van der Waals surface area contributed by atoms with Crippen LogP contribution in [0, 0.1) is 6.92 Å². The van der Waals surface area contributed by atoms with Crippen LogP contribution in [0.4, 0.5) is 18.9 Å². The number of nitrogens with zero attached hydrogens (tertiary/aromatic N) is 2. The molecule has 0 radical (unpaired) electrons. The Morgan fingerprint density at radius 2 is 2.24 bits per heavy atom. The molecule has 96 valence electrons. The molecule has 0 spiro atoms. The van der Waals surface area contributed by atoms with Crippen LogP contribution < -0.4 is 5.32 Å². The first-order chi connectivity index (χ1) is 7.83. The van der Waals surface area contributed by atoms with Crippen molar-refractivity contribution in [1.29, 1.82) is 0 Å². The molecule has 1 heterocycles. The van der Waals surface area contributed by atoms with Crippen LogP contribution in [0.1, 0.15) is 5.69 Å². The highest BCUT2D eigenvalue weighted by Gasteiger charge is 2.29. The molecule has 0 bridgehead atoms. The summed E-state index contributed by atoms with van der Waals surface area (Å²) in [7, 11) is 1.23. The molecule has 8 heteroatoms. The number of rotatable bonds is 4. The van der Waals surface area contributed by atoms with Crippen molar-refractivity contribution in [3.05, 3.63) is 11.9 Å². The molecule has 0 aliphatic rings. The summed E-state index contributed by atoms with van der Waals surface area (Å²) < 4.78 is 41.6. The molecule has 0 aromatic carbocycles. The highest BCUT2D eigenvalue weighted by atomic mass is 19.4. The van der Waals surface area contributed by atoms with Crippen LogP contribution in [-0.4, -0.2) is 35.6 Å². The van der Waals surface area contributed by atoms with Gasteiger partial charge in [-0.2, -0.15) is 18.3 Å². The summed E-state index contributed by atoms with van der Waals surface area (Å²) >= 11 is 0. The van der Waals surface area contributed by atoms with E-state index in [1.165, 1.54) is 20.2 Å². The average molecular weight is 251 g/mol. The van der Waals surface area contributed by atoms with Crippen LogP contribution in [0.5, 0.6) is 0 Å². The zero-order valence-electron chi connectivity index (χ0n) is 9.34. The number of aromatic nitrogens is 2. The zero-order valence-corrected chi connectivity index (χ0v) is 9.34. The predicted octanol–water partition coefficient (Wildman–Crippen LogP) is 1.34. The number of anilines is 1. The fourth-order valence-electron chi connectivity index (χ4n) is 1.19. The van der Waals surface area contributed by atoms with Gasteiger partial charge in [0.1, 0.15) is 13.1 Å². The van der Waals surface area contributed by atoms with Crippen molar-refractivity contribution in [2.45, 2.75) is 19.6 Å². The molecule has 1 aromatic rings. The molecule has 0 amide bonds. The normalized spacial score (nSPS) is 11.4. The molecule has 0 unspecified atom stereocenters. The van der Waals surface area contributed by atoms with E-state index in [1.807, 2.05) is 0 Å².